The molecule has 0 N–H and O–H groups in total. The largest absolute Gasteiger partial charge is 0.468 e. The fraction of sp³-hybridized carbons (Fsp3) is 0.300. The maximum Gasteiger partial charge on any atom is 0.319 e. The number of carbonyl (C=O) groups is 1. The number of hydrogen-bond donors (Lipinski definition) is 0. The van der Waals surface area contributed by atoms with Gasteiger partial charge in [0.25, 0.3) is 0 Å². The predicted octanol–water partition coefficient (Wildman–Crippen LogP) is 3.21. The smallest absolute Gasteiger partial charge is 0.319 e. The highest BCUT2D eigenvalue weighted by atomic mass is 79.9. The Balaban J connectivity index is 2.93. The van der Waals surface area contributed by atoms with Crippen LogP contribution < -0.4 is 0 Å². The van der Waals surface area contributed by atoms with Crippen molar-refractivity contribution in [1.29, 1.82) is 0 Å². The van der Waals surface area contributed by atoms with E-state index in [1.165, 1.54) is 7.11 Å². The van der Waals surface area contributed by atoms with Crippen LogP contribution in [-0.4, -0.2) is 17.9 Å². The van der Waals surface area contributed by atoms with Gasteiger partial charge in [0.1, 0.15) is 16.5 Å². The standard InChI is InChI=1S/C10H8Br2F2O2/c1-16-10(15)8(12)4-6-7(11)2-5(13)3-9(6)14/h2-3,8H,4H2,1H3. The van der Waals surface area contributed by atoms with Gasteiger partial charge in [0, 0.05) is 16.1 Å². The lowest BCUT2D eigenvalue weighted by Gasteiger charge is -2.10. The van der Waals surface area contributed by atoms with Crippen LogP contribution in [0.3, 0.4) is 0 Å². The van der Waals surface area contributed by atoms with E-state index >= 15 is 0 Å². The highest BCUT2D eigenvalue weighted by Crippen LogP contribution is 2.24. The summed E-state index contributed by atoms with van der Waals surface area (Å²) in [5.74, 6) is -1.87. The third-order valence-electron chi connectivity index (χ3n) is 1.95. The topological polar surface area (TPSA) is 26.3 Å². The van der Waals surface area contributed by atoms with Crippen molar-refractivity contribution in [3.63, 3.8) is 0 Å². The van der Waals surface area contributed by atoms with Crippen molar-refractivity contribution in [2.24, 2.45) is 0 Å². The number of esters is 1. The fourth-order valence-electron chi connectivity index (χ4n) is 1.16. The predicted molar refractivity (Wildman–Crippen MR) is 62.5 cm³/mol. The average molecular weight is 358 g/mol. The zero-order valence-electron chi connectivity index (χ0n) is 8.27. The fourth-order valence-corrected chi connectivity index (χ4v) is 2.24. The van der Waals surface area contributed by atoms with Gasteiger partial charge in [0.05, 0.1) is 7.11 Å². The summed E-state index contributed by atoms with van der Waals surface area (Å²) >= 11 is 6.12. The lowest BCUT2D eigenvalue weighted by Crippen LogP contribution is -2.19. The van der Waals surface area contributed by atoms with Crippen molar-refractivity contribution in [3.05, 3.63) is 33.8 Å². The number of halogens is 4. The van der Waals surface area contributed by atoms with Gasteiger partial charge in [-0.1, -0.05) is 31.9 Å². The first-order chi connectivity index (χ1) is 7.45. The summed E-state index contributed by atoms with van der Waals surface area (Å²) in [5.41, 5.74) is 0.230. The summed E-state index contributed by atoms with van der Waals surface area (Å²) in [6, 6.07) is 1.92. The van der Waals surface area contributed by atoms with Gasteiger partial charge in [0.15, 0.2) is 0 Å². The van der Waals surface area contributed by atoms with E-state index in [1.54, 1.807) is 0 Å². The van der Waals surface area contributed by atoms with E-state index in [1.807, 2.05) is 0 Å². The second-order valence-corrected chi connectivity index (χ2v) is 5.00. The van der Waals surface area contributed by atoms with Gasteiger partial charge in [-0.05, 0) is 12.5 Å². The van der Waals surface area contributed by atoms with Crippen LogP contribution in [0.4, 0.5) is 8.78 Å². The maximum atomic E-state index is 13.4. The van der Waals surface area contributed by atoms with E-state index in [4.69, 9.17) is 0 Å². The second kappa shape index (κ2) is 5.72. The normalized spacial score (nSPS) is 12.3. The molecule has 0 heterocycles. The first kappa shape index (κ1) is 13.6. The molecule has 1 atom stereocenters. The number of methoxy groups -OCH3 is 1. The van der Waals surface area contributed by atoms with Crippen LogP contribution in [0.1, 0.15) is 5.56 Å². The number of ether oxygens (including phenoxy) is 1. The molecule has 16 heavy (non-hydrogen) atoms. The Hall–Kier alpha value is -0.490. The molecule has 0 saturated heterocycles. The number of rotatable bonds is 3. The quantitative estimate of drug-likeness (QED) is 0.613. The summed E-state index contributed by atoms with van der Waals surface area (Å²) < 4.78 is 31.0. The maximum absolute atomic E-state index is 13.4. The van der Waals surface area contributed by atoms with Crippen LogP contribution in [0.25, 0.3) is 0 Å². The molecule has 1 aromatic carbocycles. The van der Waals surface area contributed by atoms with Gasteiger partial charge in [0.2, 0.25) is 0 Å². The molecule has 0 aromatic heterocycles. The Bertz CT molecular complexity index is 387. The van der Waals surface area contributed by atoms with E-state index in [0.717, 1.165) is 12.1 Å². The van der Waals surface area contributed by atoms with Gasteiger partial charge in [-0.25, -0.2) is 8.78 Å². The Morgan fingerprint density at radius 2 is 2.12 bits per heavy atom. The Labute approximate surface area is 108 Å². The van der Waals surface area contributed by atoms with Crippen molar-refractivity contribution in [1.82, 2.24) is 0 Å². The van der Waals surface area contributed by atoms with Crippen LogP contribution in [0.2, 0.25) is 0 Å². The highest BCUT2D eigenvalue weighted by Gasteiger charge is 2.20. The molecule has 0 saturated carbocycles. The Morgan fingerprint density at radius 1 is 1.50 bits per heavy atom. The highest BCUT2D eigenvalue weighted by molar-refractivity contribution is 9.10. The molecule has 1 aromatic rings. The number of alkyl halides is 1. The summed E-state index contributed by atoms with van der Waals surface area (Å²) in [7, 11) is 1.24. The van der Waals surface area contributed by atoms with E-state index in [0.29, 0.717) is 4.47 Å². The Morgan fingerprint density at radius 3 is 2.62 bits per heavy atom. The van der Waals surface area contributed by atoms with Crippen molar-refractivity contribution in [2.75, 3.05) is 7.11 Å². The number of benzene rings is 1. The van der Waals surface area contributed by atoms with Crippen LogP contribution in [0.5, 0.6) is 0 Å². The van der Waals surface area contributed by atoms with Gasteiger partial charge in [-0.3, -0.25) is 4.79 Å². The van der Waals surface area contributed by atoms with Crippen molar-refractivity contribution in [3.8, 4) is 0 Å². The monoisotopic (exact) mass is 356 g/mol. The first-order valence-electron chi connectivity index (χ1n) is 4.31. The SMILES string of the molecule is COC(=O)C(Br)Cc1c(F)cc(F)cc1Br. The minimum Gasteiger partial charge on any atom is -0.468 e. The minimum atomic E-state index is -0.694. The van der Waals surface area contributed by atoms with Gasteiger partial charge >= 0.3 is 5.97 Å². The van der Waals surface area contributed by atoms with E-state index < -0.39 is 22.4 Å². The van der Waals surface area contributed by atoms with E-state index in [-0.39, 0.29) is 12.0 Å². The molecule has 0 fully saturated rings. The summed E-state index contributed by atoms with van der Waals surface area (Å²) in [4.78, 5) is 10.5. The molecule has 1 rings (SSSR count). The molecule has 0 aliphatic rings. The summed E-state index contributed by atoms with van der Waals surface area (Å²) in [6.07, 6.45) is 0.0827. The first-order valence-corrected chi connectivity index (χ1v) is 6.02. The molecule has 0 spiro atoms. The third-order valence-corrected chi connectivity index (χ3v) is 3.35. The van der Waals surface area contributed by atoms with Crippen molar-refractivity contribution in [2.45, 2.75) is 11.2 Å². The average Bonchev–Trinajstić information content (AvgIpc) is 2.21. The molecule has 1 unspecified atom stereocenters. The van der Waals surface area contributed by atoms with Gasteiger partial charge in [-0.15, -0.1) is 0 Å². The lowest BCUT2D eigenvalue weighted by atomic mass is 10.1. The van der Waals surface area contributed by atoms with Crippen molar-refractivity contribution >= 4 is 37.8 Å². The third kappa shape index (κ3) is 3.25. The molecular formula is C10H8Br2F2O2. The molecule has 0 bridgehead atoms. The number of carbonyl (C=O) groups excluding carboxylic acids is 1. The van der Waals surface area contributed by atoms with Crippen LogP contribution in [0.15, 0.2) is 16.6 Å². The van der Waals surface area contributed by atoms with Crippen LogP contribution >= 0.6 is 31.9 Å². The minimum absolute atomic E-state index is 0.0827. The second-order valence-electron chi connectivity index (χ2n) is 3.04. The molecule has 0 amide bonds. The zero-order chi connectivity index (χ0) is 12.3. The summed E-state index contributed by atoms with van der Waals surface area (Å²) in [6.45, 7) is 0. The number of hydrogen-bond acceptors (Lipinski definition) is 2. The van der Waals surface area contributed by atoms with E-state index in [2.05, 4.69) is 36.6 Å². The Kier molecular flexibility index (Phi) is 4.86. The molecule has 0 radical (unpaired) electrons. The van der Waals surface area contributed by atoms with E-state index in [9.17, 15) is 13.6 Å². The molecule has 0 aliphatic heterocycles. The summed E-state index contributed by atoms with van der Waals surface area (Å²) in [5, 5.41) is 0. The molecular weight excluding hydrogens is 350 g/mol. The lowest BCUT2D eigenvalue weighted by molar-refractivity contribution is -0.139. The molecule has 6 heteroatoms. The molecule has 88 valence electrons. The van der Waals surface area contributed by atoms with Gasteiger partial charge < -0.3 is 4.74 Å². The van der Waals surface area contributed by atoms with Gasteiger partial charge in [-0.2, -0.15) is 0 Å². The van der Waals surface area contributed by atoms with Crippen molar-refractivity contribution < 1.29 is 18.3 Å². The molecule has 2 nitrogen and oxygen atoms in total. The zero-order valence-corrected chi connectivity index (χ0v) is 11.4. The molecule has 0 aliphatic carbocycles. The van der Waals surface area contributed by atoms with Crippen LogP contribution in [0, 0.1) is 11.6 Å². The van der Waals surface area contributed by atoms with Crippen LogP contribution in [-0.2, 0) is 16.0 Å².